The summed E-state index contributed by atoms with van der Waals surface area (Å²) in [6, 6.07) is 2.05. The first-order valence-corrected chi connectivity index (χ1v) is 11.5. The van der Waals surface area contributed by atoms with Gasteiger partial charge < -0.3 is 10.1 Å². The van der Waals surface area contributed by atoms with E-state index in [0.717, 1.165) is 36.3 Å². The van der Waals surface area contributed by atoms with Crippen LogP contribution in [0.25, 0.3) is 0 Å². The fourth-order valence-electron chi connectivity index (χ4n) is 4.09. The Morgan fingerprint density at radius 2 is 1.81 bits per heavy atom. The van der Waals surface area contributed by atoms with Gasteiger partial charge >= 0.3 is 0 Å². The van der Waals surface area contributed by atoms with E-state index in [1.807, 2.05) is 0 Å². The lowest BCUT2D eigenvalue weighted by Gasteiger charge is -2.44. The van der Waals surface area contributed by atoms with Crippen molar-refractivity contribution in [1.82, 2.24) is 15.3 Å². The van der Waals surface area contributed by atoms with Crippen LogP contribution >= 0.6 is 11.3 Å². The number of halogens is 2. The summed E-state index contributed by atoms with van der Waals surface area (Å²) in [5.74, 6) is -3.10. The molecule has 1 aliphatic heterocycles. The van der Waals surface area contributed by atoms with Crippen molar-refractivity contribution in [3.63, 3.8) is 0 Å². The van der Waals surface area contributed by atoms with Crippen LogP contribution in [-0.2, 0) is 9.53 Å². The van der Waals surface area contributed by atoms with Crippen molar-refractivity contribution in [2.75, 3.05) is 18.1 Å². The lowest BCUT2D eigenvalue weighted by Crippen LogP contribution is -2.52. The van der Waals surface area contributed by atoms with E-state index >= 15 is 0 Å². The van der Waals surface area contributed by atoms with Crippen molar-refractivity contribution in [1.29, 1.82) is 0 Å². The molecule has 7 nitrogen and oxygen atoms in total. The molecule has 3 heterocycles. The maximum absolute atomic E-state index is 13.9. The average molecular weight is 465 g/mol. The zero-order valence-corrected chi connectivity index (χ0v) is 19.1. The number of pyridine rings is 1. The van der Waals surface area contributed by atoms with Crippen LogP contribution < -0.4 is 10.2 Å². The van der Waals surface area contributed by atoms with Crippen molar-refractivity contribution in [2.45, 2.75) is 52.5 Å². The monoisotopic (exact) mass is 464 g/mol. The Bertz CT molecular complexity index is 1020. The minimum Gasteiger partial charge on any atom is -0.381 e. The maximum Gasteiger partial charge on any atom is 0.271 e. The Kier molecular flexibility index (Phi) is 6.26. The first kappa shape index (κ1) is 22.7. The van der Waals surface area contributed by atoms with Gasteiger partial charge in [-0.1, -0.05) is 13.8 Å². The molecule has 0 unspecified atom stereocenters. The Balaban J connectivity index is 1.67. The van der Waals surface area contributed by atoms with Crippen molar-refractivity contribution in [2.24, 2.45) is 11.3 Å². The van der Waals surface area contributed by atoms with Crippen LogP contribution in [-0.4, -0.2) is 41.0 Å². The Hall–Kier alpha value is -2.46. The number of amides is 2. The van der Waals surface area contributed by atoms with Crippen LogP contribution in [0, 0.1) is 30.2 Å². The van der Waals surface area contributed by atoms with E-state index in [0.29, 0.717) is 30.9 Å². The lowest BCUT2D eigenvalue weighted by atomic mass is 9.67. The topological polar surface area (TPSA) is 84.4 Å². The van der Waals surface area contributed by atoms with Gasteiger partial charge in [-0.2, -0.15) is 13.8 Å². The molecule has 172 valence electrons. The molecule has 2 aromatic heterocycles. The maximum atomic E-state index is 13.9. The van der Waals surface area contributed by atoms with Crippen LogP contribution in [0.5, 0.6) is 0 Å². The second kappa shape index (κ2) is 8.82. The first-order chi connectivity index (χ1) is 15.2. The van der Waals surface area contributed by atoms with E-state index in [1.165, 1.54) is 4.90 Å². The van der Waals surface area contributed by atoms with Crippen LogP contribution in [0.3, 0.4) is 0 Å². The van der Waals surface area contributed by atoms with Crippen LogP contribution in [0.4, 0.5) is 19.6 Å². The summed E-state index contributed by atoms with van der Waals surface area (Å²) < 4.78 is 33.1. The molecule has 1 saturated heterocycles. The average Bonchev–Trinajstić information content (AvgIpc) is 3.12. The molecule has 10 heteroatoms. The quantitative estimate of drug-likeness (QED) is 0.673. The number of anilines is 2. The van der Waals surface area contributed by atoms with E-state index in [2.05, 4.69) is 29.1 Å². The largest absolute Gasteiger partial charge is 0.381 e. The van der Waals surface area contributed by atoms with E-state index in [9.17, 15) is 18.4 Å². The second-order valence-electron chi connectivity index (χ2n) is 8.99. The molecular weight excluding hydrogens is 438 g/mol. The highest BCUT2D eigenvalue weighted by molar-refractivity contribution is 7.16. The van der Waals surface area contributed by atoms with Crippen molar-refractivity contribution >= 4 is 34.0 Å². The van der Waals surface area contributed by atoms with E-state index in [4.69, 9.17) is 4.74 Å². The second-order valence-corrected chi connectivity index (χ2v) is 10.2. The van der Waals surface area contributed by atoms with Gasteiger partial charge in [0.15, 0.2) is 5.13 Å². The van der Waals surface area contributed by atoms with Gasteiger partial charge in [0.2, 0.25) is 17.8 Å². The number of ether oxygens (including phenoxy) is 1. The number of aromatic nitrogens is 2. The molecule has 1 aliphatic carbocycles. The number of thiazole rings is 1. The number of carbonyl (C=O) groups is 2. The summed E-state index contributed by atoms with van der Waals surface area (Å²) in [5.41, 5.74) is 0.235. The zero-order chi connectivity index (χ0) is 23.0. The normalized spacial score (nSPS) is 20.5. The lowest BCUT2D eigenvalue weighted by molar-refractivity contribution is -0.124. The molecule has 0 radical (unpaired) electrons. The number of carbonyl (C=O) groups excluding carboxylic acids is 2. The van der Waals surface area contributed by atoms with Crippen molar-refractivity contribution in [3.8, 4) is 0 Å². The SMILES string of the molecule is Cc1sc(N(C(=O)C2CCOCC2)c2cc(F)nc(F)c2)nc1C(=O)N[C@@H]1CCC1(C)C. The Morgan fingerprint density at radius 3 is 2.38 bits per heavy atom. The molecule has 0 spiro atoms. The highest BCUT2D eigenvalue weighted by Gasteiger charge is 2.40. The van der Waals surface area contributed by atoms with Gasteiger partial charge in [0.25, 0.3) is 5.91 Å². The zero-order valence-electron chi connectivity index (χ0n) is 18.3. The van der Waals surface area contributed by atoms with E-state index in [-0.39, 0.29) is 45.7 Å². The predicted octanol–water partition coefficient (Wildman–Crippen LogP) is 4.13. The molecule has 0 bridgehead atoms. The summed E-state index contributed by atoms with van der Waals surface area (Å²) in [7, 11) is 0. The summed E-state index contributed by atoms with van der Waals surface area (Å²) in [5, 5.41) is 3.22. The minimum absolute atomic E-state index is 0.00711. The number of rotatable bonds is 5. The summed E-state index contributed by atoms with van der Waals surface area (Å²) >= 11 is 1.14. The molecule has 2 fully saturated rings. The molecule has 2 aromatic rings. The van der Waals surface area contributed by atoms with E-state index in [1.54, 1.807) is 6.92 Å². The van der Waals surface area contributed by atoms with Crippen LogP contribution in [0.2, 0.25) is 0 Å². The highest BCUT2D eigenvalue weighted by Crippen LogP contribution is 2.40. The van der Waals surface area contributed by atoms with Gasteiger partial charge in [-0.15, -0.1) is 11.3 Å². The number of aryl methyl sites for hydroxylation is 1. The first-order valence-electron chi connectivity index (χ1n) is 10.7. The van der Waals surface area contributed by atoms with Gasteiger partial charge in [0.05, 0.1) is 5.69 Å². The summed E-state index contributed by atoms with van der Waals surface area (Å²) in [4.78, 5) is 35.7. The number of nitrogens with one attached hydrogen (secondary N) is 1. The smallest absolute Gasteiger partial charge is 0.271 e. The molecule has 0 aromatic carbocycles. The fraction of sp³-hybridized carbons (Fsp3) is 0.545. The molecule has 1 atom stereocenters. The van der Waals surface area contributed by atoms with Gasteiger partial charge in [0, 0.05) is 42.2 Å². The van der Waals surface area contributed by atoms with Crippen molar-refractivity contribution < 1.29 is 23.1 Å². The summed E-state index contributed by atoms with van der Waals surface area (Å²) in [6.45, 7) is 6.81. The third-order valence-corrected chi connectivity index (χ3v) is 7.27. The molecule has 32 heavy (non-hydrogen) atoms. The molecule has 4 rings (SSSR count). The fourth-order valence-corrected chi connectivity index (χ4v) is 5.02. The van der Waals surface area contributed by atoms with Crippen molar-refractivity contribution in [3.05, 3.63) is 34.6 Å². The van der Waals surface area contributed by atoms with Gasteiger partial charge in [0.1, 0.15) is 5.69 Å². The molecule has 1 N–H and O–H groups in total. The standard InChI is InChI=1S/C22H26F2N4O3S/c1-12-18(19(29)25-15-4-7-22(15,2)3)27-21(32-12)28(14-10-16(23)26-17(24)11-14)20(30)13-5-8-31-9-6-13/h10-11,13,15H,4-9H2,1-3H3,(H,25,29)/t15-/m1/s1. The van der Waals surface area contributed by atoms with Crippen LogP contribution in [0.15, 0.2) is 12.1 Å². The highest BCUT2D eigenvalue weighted by atomic mass is 32.1. The molecule has 2 aliphatic rings. The third kappa shape index (κ3) is 4.52. The third-order valence-electron chi connectivity index (χ3n) is 6.31. The predicted molar refractivity (Wildman–Crippen MR) is 116 cm³/mol. The summed E-state index contributed by atoms with van der Waals surface area (Å²) in [6.07, 6.45) is 2.93. The van der Waals surface area contributed by atoms with Crippen LogP contribution in [0.1, 0.15) is 54.9 Å². The number of hydrogen-bond donors (Lipinski definition) is 1. The number of hydrogen-bond acceptors (Lipinski definition) is 6. The number of nitrogens with zero attached hydrogens (tertiary/aromatic N) is 3. The van der Waals surface area contributed by atoms with Gasteiger partial charge in [-0.05, 0) is 38.0 Å². The van der Waals surface area contributed by atoms with Gasteiger partial charge in [-0.25, -0.2) is 4.98 Å². The minimum atomic E-state index is -1.04. The molecule has 2 amide bonds. The Morgan fingerprint density at radius 1 is 1.16 bits per heavy atom. The molecule has 1 saturated carbocycles. The Labute approximate surface area is 189 Å². The molecular formula is C22H26F2N4O3S. The van der Waals surface area contributed by atoms with Gasteiger partial charge in [-0.3, -0.25) is 14.5 Å². The van der Waals surface area contributed by atoms with E-state index < -0.39 is 11.9 Å².